The van der Waals surface area contributed by atoms with Crippen LogP contribution in [0.25, 0.3) is 0 Å². The third kappa shape index (κ3) is 3.14. The van der Waals surface area contributed by atoms with Crippen molar-refractivity contribution in [3.8, 4) is 0 Å². The molecule has 0 aliphatic rings. The zero-order chi connectivity index (χ0) is 14.5. The Kier molecular flexibility index (Phi) is 3.99. The van der Waals surface area contributed by atoms with Crippen molar-refractivity contribution in [1.29, 1.82) is 0 Å². The Hall–Kier alpha value is -2.83. The second-order valence-corrected chi connectivity index (χ2v) is 4.12. The van der Waals surface area contributed by atoms with E-state index in [-0.39, 0.29) is 0 Å². The number of hydrazine groups is 1. The summed E-state index contributed by atoms with van der Waals surface area (Å²) in [5.74, 6) is 0.511. The van der Waals surface area contributed by atoms with Crippen molar-refractivity contribution in [3.05, 3.63) is 58.3 Å². The van der Waals surface area contributed by atoms with Gasteiger partial charge in [0.15, 0.2) is 10.9 Å². The summed E-state index contributed by atoms with van der Waals surface area (Å²) in [4.78, 5) is 14.8. The van der Waals surface area contributed by atoms with Gasteiger partial charge in [0.05, 0.1) is 12.7 Å². The van der Waals surface area contributed by atoms with E-state index in [1.165, 1.54) is 7.05 Å². The highest BCUT2D eigenvalue weighted by Gasteiger charge is 2.13. The van der Waals surface area contributed by atoms with E-state index in [2.05, 4.69) is 15.2 Å². The SMILES string of the molecule is Cc1cc(N=Nc2ccccn2)ccc1N(C)[N+](=O)[O-]. The summed E-state index contributed by atoms with van der Waals surface area (Å²) in [5.41, 5.74) is 1.89. The monoisotopic (exact) mass is 271 g/mol. The van der Waals surface area contributed by atoms with Crippen molar-refractivity contribution >= 4 is 17.2 Å². The lowest BCUT2D eigenvalue weighted by Crippen LogP contribution is -2.25. The van der Waals surface area contributed by atoms with E-state index < -0.39 is 5.03 Å². The van der Waals surface area contributed by atoms with Gasteiger partial charge in [-0.05, 0) is 42.8 Å². The van der Waals surface area contributed by atoms with Crippen LogP contribution in [0.4, 0.5) is 17.2 Å². The second-order valence-electron chi connectivity index (χ2n) is 4.12. The minimum atomic E-state index is -0.475. The van der Waals surface area contributed by atoms with Gasteiger partial charge in [-0.25, -0.2) is 15.1 Å². The summed E-state index contributed by atoms with van der Waals surface area (Å²) >= 11 is 0. The van der Waals surface area contributed by atoms with Crippen LogP contribution in [-0.4, -0.2) is 17.1 Å². The lowest BCUT2D eigenvalue weighted by Gasteiger charge is -2.11. The van der Waals surface area contributed by atoms with Crippen LogP contribution in [0.15, 0.2) is 52.8 Å². The Morgan fingerprint density at radius 1 is 1.25 bits per heavy atom. The molecule has 0 bridgehead atoms. The van der Waals surface area contributed by atoms with Gasteiger partial charge in [-0.2, -0.15) is 0 Å². The standard InChI is InChI=1S/C13H13N5O2/c1-10-9-11(6-7-12(10)17(2)18(19)20)15-16-13-5-3-4-8-14-13/h3-9H,1-2H3. The van der Waals surface area contributed by atoms with Crippen molar-refractivity contribution in [3.63, 3.8) is 0 Å². The summed E-state index contributed by atoms with van der Waals surface area (Å²) in [6.45, 7) is 1.79. The number of azo groups is 1. The Morgan fingerprint density at radius 3 is 2.65 bits per heavy atom. The Morgan fingerprint density at radius 2 is 2.05 bits per heavy atom. The first-order chi connectivity index (χ1) is 9.58. The van der Waals surface area contributed by atoms with Gasteiger partial charge < -0.3 is 0 Å². The molecule has 0 radical (unpaired) electrons. The Labute approximate surface area is 115 Å². The first-order valence-corrected chi connectivity index (χ1v) is 5.89. The van der Waals surface area contributed by atoms with Crippen molar-refractivity contribution in [1.82, 2.24) is 4.98 Å². The van der Waals surface area contributed by atoms with E-state index in [0.29, 0.717) is 17.2 Å². The van der Waals surface area contributed by atoms with Crippen molar-refractivity contribution in [2.24, 2.45) is 10.2 Å². The molecule has 1 aromatic heterocycles. The number of aromatic nitrogens is 1. The summed E-state index contributed by atoms with van der Waals surface area (Å²) in [6.07, 6.45) is 1.63. The molecule has 0 N–H and O–H groups in total. The molecule has 0 aliphatic heterocycles. The first kappa shape index (κ1) is 13.6. The van der Waals surface area contributed by atoms with Gasteiger partial charge in [-0.15, -0.1) is 10.2 Å². The summed E-state index contributed by atoms with van der Waals surface area (Å²) < 4.78 is 0. The fourth-order valence-electron chi connectivity index (χ4n) is 1.67. The summed E-state index contributed by atoms with van der Waals surface area (Å²) in [5, 5.41) is 19.3. The molecule has 0 atom stereocenters. The molecule has 2 aromatic rings. The quantitative estimate of drug-likeness (QED) is 0.484. The molecule has 0 fully saturated rings. The third-order valence-corrected chi connectivity index (χ3v) is 2.69. The van der Waals surface area contributed by atoms with E-state index >= 15 is 0 Å². The van der Waals surface area contributed by atoms with Crippen LogP contribution < -0.4 is 5.01 Å². The molecule has 1 heterocycles. The topological polar surface area (TPSA) is 84.0 Å². The van der Waals surface area contributed by atoms with Crippen LogP contribution in [0, 0.1) is 17.0 Å². The van der Waals surface area contributed by atoms with E-state index in [9.17, 15) is 10.1 Å². The molecular weight excluding hydrogens is 258 g/mol. The van der Waals surface area contributed by atoms with Crippen LogP contribution in [0.3, 0.4) is 0 Å². The minimum absolute atomic E-state index is 0.475. The molecule has 0 unspecified atom stereocenters. The molecule has 1 aromatic carbocycles. The number of hydrogen-bond acceptors (Lipinski definition) is 5. The number of pyridine rings is 1. The largest absolute Gasteiger partial charge is 0.236 e. The number of rotatable bonds is 4. The Bertz CT molecular complexity index is 642. The van der Waals surface area contributed by atoms with Gasteiger partial charge in [0.25, 0.3) is 0 Å². The number of hydrogen-bond donors (Lipinski definition) is 0. The predicted molar refractivity (Wildman–Crippen MR) is 75.0 cm³/mol. The zero-order valence-electron chi connectivity index (χ0n) is 11.1. The highest BCUT2D eigenvalue weighted by atomic mass is 16.7. The second kappa shape index (κ2) is 5.87. The van der Waals surface area contributed by atoms with E-state index in [1.807, 2.05) is 6.07 Å². The molecular formula is C13H13N5O2. The van der Waals surface area contributed by atoms with E-state index in [1.54, 1.807) is 43.5 Å². The maximum Gasteiger partial charge on any atom is 0.174 e. The highest BCUT2D eigenvalue weighted by Crippen LogP contribution is 2.25. The molecule has 0 saturated heterocycles. The van der Waals surface area contributed by atoms with Gasteiger partial charge in [0, 0.05) is 6.20 Å². The first-order valence-electron chi connectivity index (χ1n) is 5.89. The maximum atomic E-state index is 10.7. The molecule has 0 spiro atoms. The lowest BCUT2D eigenvalue weighted by molar-refractivity contribution is -0.490. The van der Waals surface area contributed by atoms with E-state index in [0.717, 1.165) is 10.6 Å². The van der Waals surface area contributed by atoms with Gasteiger partial charge >= 0.3 is 0 Å². The number of nitro groups is 1. The average molecular weight is 271 g/mol. The molecule has 0 aliphatic carbocycles. The number of benzene rings is 1. The lowest BCUT2D eigenvalue weighted by atomic mass is 10.2. The van der Waals surface area contributed by atoms with Crippen molar-refractivity contribution < 1.29 is 5.03 Å². The summed E-state index contributed by atoms with van der Waals surface area (Å²) in [6, 6.07) is 10.4. The van der Waals surface area contributed by atoms with Crippen LogP contribution in [0.1, 0.15) is 5.56 Å². The van der Waals surface area contributed by atoms with Crippen LogP contribution >= 0.6 is 0 Å². The molecule has 7 heteroatoms. The maximum absolute atomic E-state index is 10.7. The predicted octanol–water partition coefficient (Wildman–Crippen LogP) is 3.43. The normalized spacial score (nSPS) is 10.7. The highest BCUT2D eigenvalue weighted by molar-refractivity contribution is 5.57. The molecule has 0 saturated carbocycles. The fraction of sp³-hybridized carbons (Fsp3) is 0.154. The molecule has 0 amide bonds. The number of nitrogens with zero attached hydrogens (tertiary/aromatic N) is 5. The Balaban J connectivity index is 2.21. The molecule has 20 heavy (non-hydrogen) atoms. The van der Waals surface area contributed by atoms with Crippen LogP contribution in [0.2, 0.25) is 0 Å². The van der Waals surface area contributed by atoms with Gasteiger partial charge in [0.2, 0.25) is 0 Å². The number of aryl methyl sites for hydroxylation is 1. The van der Waals surface area contributed by atoms with Gasteiger partial charge in [0.1, 0.15) is 5.69 Å². The van der Waals surface area contributed by atoms with Gasteiger partial charge in [-0.1, -0.05) is 11.1 Å². The van der Waals surface area contributed by atoms with Crippen molar-refractivity contribution in [2.45, 2.75) is 6.92 Å². The van der Waals surface area contributed by atoms with Crippen molar-refractivity contribution in [2.75, 3.05) is 12.1 Å². The molecule has 7 nitrogen and oxygen atoms in total. The average Bonchev–Trinajstić information content (AvgIpc) is 2.45. The number of anilines is 1. The summed E-state index contributed by atoms with van der Waals surface area (Å²) in [7, 11) is 1.40. The van der Waals surface area contributed by atoms with Crippen LogP contribution in [-0.2, 0) is 0 Å². The van der Waals surface area contributed by atoms with Crippen LogP contribution in [0.5, 0.6) is 0 Å². The zero-order valence-corrected chi connectivity index (χ0v) is 11.1. The smallest absolute Gasteiger partial charge is 0.174 e. The fourth-order valence-corrected chi connectivity index (χ4v) is 1.67. The minimum Gasteiger partial charge on any atom is -0.236 e. The van der Waals surface area contributed by atoms with Gasteiger partial charge in [-0.3, -0.25) is 0 Å². The molecule has 2 rings (SSSR count). The third-order valence-electron chi connectivity index (χ3n) is 2.69. The van der Waals surface area contributed by atoms with E-state index in [4.69, 9.17) is 0 Å². The molecule has 102 valence electrons.